The van der Waals surface area contributed by atoms with E-state index in [1.165, 1.54) is 11.3 Å². The van der Waals surface area contributed by atoms with Crippen LogP contribution in [0.4, 0.5) is 5.69 Å². The van der Waals surface area contributed by atoms with Gasteiger partial charge in [-0.05, 0) is 29.8 Å². The number of para-hydroxylation sites is 1. The smallest absolute Gasteiger partial charge is 0.119 e. The number of nitrogens with zero attached hydrogens (tertiary/aromatic N) is 1. The summed E-state index contributed by atoms with van der Waals surface area (Å²) in [7, 11) is 4.08. The third kappa shape index (κ3) is 3.25. The van der Waals surface area contributed by atoms with Crippen LogP contribution >= 0.6 is 0 Å². The molecule has 0 aliphatic carbocycles. The molecule has 2 aromatic carbocycles. The Morgan fingerprint density at radius 3 is 2.41 bits per heavy atom. The number of benzene rings is 2. The van der Waals surface area contributed by atoms with Gasteiger partial charge in [0.1, 0.15) is 12.4 Å². The van der Waals surface area contributed by atoms with Crippen molar-refractivity contribution in [2.45, 2.75) is 6.61 Å². The van der Waals surface area contributed by atoms with E-state index in [1.54, 1.807) is 0 Å². The van der Waals surface area contributed by atoms with Gasteiger partial charge in [-0.2, -0.15) is 0 Å². The second kappa shape index (κ2) is 5.39. The first kappa shape index (κ1) is 11.5. The molecule has 2 nitrogen and oxygen atoms in total. The highest BCUT2D eigenvalue weighted by molar-refractivity contribution is 5.47. The van der Waals surface area contributed by atoms with Crippen molar-refractivity contribution in [2.24, 2.45) is 0 Å². The van der Waals surface area contributed by atoms with E-state index in [9.17, 15) is 0 Å². The summed E-state index contributed by atoms with van der Waals surface area (Å²) in [6.07, 6.45) is 0. The van der Waals surface area contributed by atoms with Crippen LogP contribution in [0, 0.1) is 0 Å². The molecule has 88 valence electrons. The van der Waals surface area contributed by atoms with Crippen molar-refractivity contribution in [2.75, 3.05) is 19.0 Å². The van der Waals surface area contributed by atoms with Crippen molar-refractivity contribution in [3.05, 3.63) is 60.2 Å². The Labute approximate surface area is 102 Å². The van der Waals surface area contributed by atoms with Crippen LogP contribution < -0.4 is 9.64 Å². The van der Waals surface area contributed by atoms with Crippen molar-refractivity contribution in [3.63, 3.8) is 0 Å². The summed E-state index contributed by atoms with van der Waals surface area (Å²) >= 11 is 0. The molecular formula is C15H17NO. The molecule has 0 radical (unpaired) electrons. The van der Waals surface area contributed by atoms with E-state index in [1.807, 2.05) is 44.4 Å². The minimum absolute atomic E-state index is 0.603. The van der Waals surface area contributed by atoms with Crippen LogP contribution in [0.25, 0.3) is 0 Å². The van der Waals surface area contributed by atoms with Crippen molar-refractivity contribution >= 4 is 5.69 Å². The molecule has 0 unspecified atom stereocenters. The highest BCUT2D eigenvalue weighted by Gasteiger charge is 1.98. The summed E-state index contributed by atoms with van der Waals surface area (Å²) in [6.45, 7) is 0.603. The zero-order valence-corrected chi connectivity index (χ0v) is 10.3. The second-order valence-corrected chi connectivity index (χ2v) is 4.17. The fraction of sp³-hybridized carbons (Fsp3) is 0.200. The Bertz CT molecular complexity index is 465. The van der Waals surface area contributed by atoms with Crippen LogP contribution in [-0.4, -0.2) is 14.1 Å². The molecule has 0 atom stereocenters. The molecule has 0 saturated heterocycles. The molecule has 0 bridgehead atoms. The van der Waals surface area contributed by atoms with Crippen LogP contribution in [0.2, 0.25) is 0 Å². The lowest BCUT2D eigenvalue weighted by Gasteiger charge is -2.13. The Morgan fingerprint density at radius 2 is 1.71 bits per heavy atom. The van der Waals surface area contributed by atoms with Crippen LogP contribution in [0.3, 0.4) is 0 Å². The normalized spacial score (nSPS) is 10.0. The highest BCUT2D eigenvalue weighted by atomic mass is 16.5. The maximum atomic E-state index is 5.71. The van der Waals surface area contributed by atoms with Gasteiger partial charge in [-0.15, -0.1) is 0 Å². The van der Waals surface area contributed by atoms with Crippen molar-refractivity contribution in [3.8, 4) is 5.75 Å². The van der Waals surface area contributed by atoms with Gasteiger partial charge in [0.05, 0.1) is 0 Å². The third-order valence-corrected chi connectivity index (χ3v) is 2.58. The minimum Gasteiger partial charge on any atom is -0.489 e. The fourth-order valence-electron chi connectivity index (χ4n) is 1.61. The number of hydrogen-bond acceptors (Lipinski definition) is 2. The van der Waals surface area contributed by atoms with Gasteiger partial charge in [0.15, 0.2) is 0 Å². The Balaban J connectivity index is 2.02. The predicted molar refractivity (Wildman–Crippen MR) is 71.5 cm³/mol. The zero-order valence-electron chi connectivity index (χ0n) is 10.3. The highest BCUT2D eigenvalue weighted by Crippen LogP contribution is 2.16. The standard InChI is InChI=1S/C15H17NO/c1-16(2)14-8-6-7-13(11-14)12-17-15-9-4-3-5-10-15/h3-11H,12H2,1-2H3. The van der Waals surface area contributed by atoms with Crippen LogP contribution in [-0.2, 0) is 6.61 Å². The summed E-state index contributed by atoms with van der Waals surface area (Å²) in [5, 5.41) is 0. The lowest BCUT2D eigenvalue weighted by Crippen LogP contribution is -2.09. The van der Waals surface area contributed by atoms with Gasteiger partial charge in [-0.1, -0.05) is 30.3 Å². The molecule has 0 N–H and O–H groups in total. The monoisotopic (exact) mass is 227 g/mol. The fourth-order valence-corrected chi connectivity index (χ4v) is 1.61. The number of hydrogen-bond donors (Lipinski definition) is 0. The Kier molecular flexibility index (Phi) is 3.66. The summed E-state index contributed by atoms with van der Waals surface area (Å²) in [4.78, 5) is 2.09. The van der Waals surface area contributed by atoms with E-state index in [4.69, 9.17) is 4.74 Å². The van der Waals surface area contributed by atoms with Crippen LogP contribution in [0.5, 0.6) is 5.75 Å². The van der Waals surface area contributed by atoms with Gasteiger partial charge in [0.25, 0.3) is 0 Å². The molecule has 0 aromatic heterocycles. The second-order valence-electron chi connectivity index (χ2n) is 4.17. The van der Waals surface area contributed by atoms with E-state index >= 15 is 0 Å². The molecule has 0 fully saturated rings. The molecule has 0 saturated carbocycles. The molecule has 2 heteroatoms. The predicted octanol–water partition coefficient (Wildman–Crippen LogP) is 3.33. The average molecular weight is 227 g/mol. The zero-order chi connectivity index (χ0) is 12.1. The van der Waals surface area contributed by atoms with Gasteiger partial charge < -0.3 is 9.64 Å². The SMILES string of the molecule is CN(C)c1cccc(COc2ccccc2)c1. The van der Waals surface area contributed by atoms with E-state index in [0.717, 1.165) is 5.75 Å². The summed E-state index contributed by atoms with van der Waals surface area (Å²) in [5.74, 6) is 0.905. The van der Waals surface area contributed by atoms with Crippen molar-refractivity contribution < 1.29 is 4.74 Å². The van der Waals surface area contributed by atoms with Crippen LogP contribution in [0.1, 0.15) is 5.56 Å². The van der Waals surface area contributed by atoms with Gasteiger partial charge >= 0.3 is 0 Å². The molecule has 0 spiro atoms. The molecule has 0 heterocycles. The van der Waals surface area contributed by atoms with Crippen molar-refractivity contribution in [1.82, 2.24) is 0 Å². The number of rotatable bonds is 4. The Hall–Kier alpha value is -1.96. The van der Waals surface area contributed by atoms with Crippen LogP contribution in [0.15, 0.2) is 54.6 Å². The van der Waals surface area contributed by atoms with Crippen molar-refractivity contribution in [1.29, 1.82) is 0 Å². The molecular weight excluding hydrogens is 210 g/mol. The molecule has 0 aliphatic heterocycles. The first-order valence-corrected chi connectivity index (χ1v) is 5.70. The Morgan fingerprint density at radius 1 is 0.941 bits per heavy atom. The molecule has 0 aliphatic rings. The largest absolute Gasteiger partial charge is 0.489 e. The molecule has 0 amide bonds. The minimum atomic E-state index is 0.603. The van der Waals surface area contributed by atoms with Gasteiger partial charge in [-0.25, -0.2) is 0 Å². The average Bonchev–Trinajstić information content (AvgIpc) is 2.38. The van der Waals surface area contributed by atoms with Gasteiger partial charge in [0, 0.05) is 19.8 Å². The van der Waals surface area contributed by atoms with Gasteiger partial charge in [0.2, 0.25) is 0 Å². The molecule has 2 aromatic rings. The van der Waals surface area contributed by atoms with E-state index in [-0.39, 0.29) is 0 Å². The lowest BCUT2D eigenvalue weighted by atomic mass is 10.2. The first-order valence-electron chi connectivity index (χ1n) is 5.70. The number of anilines is 1. The molecule has 17 heavy (non-hydrogen) atoms. The number of ether oxygens (including phenoxy) is 1. The first-order chi connectivity index (χ1) is 8.25. The topological polar surface area (TPSA) is 12.5 Å². The van der Waals surface area contributed by atoms with Gasteiger partial charge in [-0.3, -0.25) is 0 Å². The summed E-state index contributed by atoms with van der Waals surface area (Å²) < 4.78 is 5.71. The summed E-state index contributed by atoms with van der Waals surface area (Å²) in [5.41, 5.74) is 2.37. The van der Waals surface area contributed by atoms with E-state index in [2.05, 4.69) is 29.2 Å². The van der Waals surface area contributed by atoms with E-state index < -0.39 is 0 Å². The summed E-state index contributed by atoms with van der Waals surface area (Å²) in [6, 6.07) is 18.2. The maximum Gasteiger partial charge on any atom is 0.119 e. The maximum absolute atomic E-state index is 5.71. The van der Waals surface area contributed by atoms with E-state index in [0.29, 0.717) is 6.61 Å². The quantitative estimate of drug-likeness (QED) is 0.794. The molecule has 2 rings (SSSR count). The third-order valence-electron chi connectivity index (χ3n) is 2.58. The lowest BCUT2D eigenvalue weighted by molar-refractivity contribution is 0.306.